The zero-order chi connectivity index (χ0) is 26.0. The Kier molecular flexibility index (Phi) is 7.72. The number of carboxylic acids is 1. The van der Waals surface area contributed by atoms with E-state index < -0.39 is 11.4 Å². The Hall–Kier alpha value is -2.89. The number of likely N-dealkylation sites (tertiary alicyclic amines) is 1. The van der Waals surface area contributed by atoms with E-state index in [0.717, 1.165) is 22.4 Å². The third kappa shape index (κ3) is 5.28. The maximum Gasteiger partial charge on any atom is 0.304 e. The van der Waals surface area contributed by atoms with Gasteiger partial charge < -0.3 is 10.0 Å². The molecule has 4 atom stereocenters. The number of aromatic nitrogens is 1. The predicted molar refractivity (Wildman–Crippen MR) is 142 cm³/mol. The fourth-order valence-electron chi connectivity index (χ4n) is 5.45. The standard InChI is InChI=1S/C29H30Cl2N2O3/c1-4-25(24-13-8-18(2)17-32-24)33-27(19-9-11-21(30)12-10-19)23(20-6-5-7-22(31)14-20)15-29(3,28(33)36)16-26(34)35/h5-14,17,23,25,27H,4,15-16H2,1-3H3,(H,34,35)/t23-,25+,27-,29-/m1/s1. The quantitative estimate of drug-likeness (QED) is 0.349. The average Bonchev–Trinajstić information content (AvgIpc) is 2.83. The first-order valence-corrected chi connectivity index (χ1v) is 12.9. The summed E-state index contributed by atoms with van der Waals surface area (Å²) >= 11 is 12.6. The van der Waals surface area contributed by atoms with Crippen LogP contribution in [0.3, 0.4) is 0 Å². The van der Waals surface area contributed by atoms with Gasteiger partial charge in [0.25, 0.3) is 0 Å². The molecule has 0 radical (unpaired) electrons. The summed E-state index contributed by atoms with van der Waals surface area (Å²) in [7, 11) is 0. The van der Waals surface area contributed by atoms with Crippen LogP contribution in [0.1, 0.15) is 73.5 Å². The molecule has 1 aliphatic rings. The summed E-state index contributed by atoms with van der Waals surface area (Å²) in [6.07, 6.45) is 2.54. The van der Waals surface area contributed by atoms with E-state index in [1.807, 2.05) is 79.4 Å². The lowest BCUT2D eigenvalue weighted by Crippen LogP contribution is -2.53. The normalized spacial score (nSPS) is 22.9. The molecule has 1 saturated heterocycles. The zero-order valence-corrected chi connectivity index (χ0v) is 22.1. The van der Waals surface area contributed by atoms with E-state index in [-0.39, 0.29) is 30.3 Å². The molecule has 1 aromatic heterocycles. The van der Waals surface area contributed by atoms with Crippen LogP contribution in [0.5, 0.6) is 0 Å². The molecule has 0 spiro atoms. The van der Waals surface area contributed by atoms with E-state index in [1.54, 1.807) is 13.1 Å². The van der Waals surface area contributed by atoms with Gasteiger partial charge in [-0.1, -0.05) is 67.4 Å². The van der Waals surface area contributed by atoms with Crippen molar-refractivity contribution in [3.8, 4) is 0 Å². The molecule has 3 aromatic rings. The Morgan fingerprint density at radius 3 is 2.42 bits per heavy atom. The van der Waals surface area contributed by atoms with Crippen molar-refractivity contribution in [3.63, 3.8) is 0 Å². The highest BCUT2D eigenvalue weighted by Crippen LogP contribution is 2.54. The number of halogens is 2. The molecule has 4 rings (SSSR count). The number of carboxylic acid groups (broad SMARTS) is 1. The lowest BCUT2D eigenvalue weighted by Gasteiger charge is -2.51. The van der Waals surface area contributed by atoms with Crippen molar-refractivity contribution < 1.29 is 14.7 Å². The predicted octanol–water partition coefficient (Wildman–Crippen LogP) is 7.39. The number of hydrogen-bond acceptors (Lipinski definition) is 3. The molecule has 0 aliphatic carbocycles. The Labute approximate surface area is 222 Å². The monoisotopic (exact) mass is 524 g/mol. The number of nitrogens with zero attached hydrogens (tertiary/aromatic N) is 2. The molecule has 1 amide bonds. The molecule has 5 nitrogen and oxygen atoms in total. The molecule has 1 N–H and O–H groups in total. The fourth-order valence-corrected chi connectivity index (χ4v) is 5.77. The number of benzene rings is 2. The van der Waals surface area contributed by atoms with E-state index in [9.17, 15) is 14.7 Å². The summed E-state index contributed by atoms with van der Waals surface area (Å²) in [5, 5.41) is 11.0. The van der Waals surface area contributed by atoms with E-state index in [2.05, 4.69) is 4.98 Å². The Balaban J connectivity index is 1.95. The van der Waals surface area contributed by atoms with Crippen LogP contribution in [0.25, 0.3) is 0 Å². The number of amides is 1. The van der Waals surface area contributed by atoms with Gasteiger partial charge in [-0.05, 0) is 66.8 Å². The third-order valence-electron chi connectivity index (χ3n) is 7.13. The zero-order valence-electron chi connectivity index (χ0n) is 20.6. The Morgan fingerprint density at radius 2 is 1.83 bits per heavy atom. The molecule has 188 valence electrons. The highest BCUT2D eigenvalue weighted by molar-refractivity contribution is 6.30. The van der Waals surface area contributed by atoms with Crippen LogP contribution in [0.15, 0.2) is 66.9 Å². The number of aliphatic carboxylic acids is 1. The minimum Gasteiger partial charge on any atom is -0.481 e. The van der Waals surface area contributed by atoms with Gasteiger partial charge >= 0.3 is 5.97 Å². The van der Waals surface area contributed by atoms with Crippen LogP contribution < -0.4 is 0 Å². The molecule has 7 heteroatoms. The highest BCUT2D eigenvalue weighted by atomic mass is 35.5. The molecule has 0 saturated carbocycles. The van der Waals surface area contributed by atoms with Crippen molar-refractivity contribution in [2.24, 2.45) is 5.41 Å². The first kappa shape index (κ1) is 26.2. The number of hydrogen-bond donors (Lipinski definition) is 1. The topological polar surface area (TPSA) is 70.5 Å². The molecule has 0 unspecified atom stereocenters. The Bertz CT molecular complexity index is 1250. The van der Waals surface area contributed by atoms with Gasteiger partial charge in [0.2, 0.25) is 5.91 Å². The molecular weight excluding hydrogens is 495 g/mol. The average molecular weight is 525 g/mol. The van der Waals surface area contributed by atoms with Crippen molar-refractivity contribution in [1.29, 1.82) is 0 Å². The number of pyridine rings is 1. The van der Waals surface area contributed by atoms with Gasteiger partial charge in [-0.15, -0.1) is 0 Å². The number of aryl methyl sites for hydroxylation is 1. The molecule has 0 bridgehead atoms. The van der Waals surface area contributed by atoms with Crippen LogP contribution in [0.2, 0.25) is 10.0 Å². The molecule has 36 heavy (non-hydrogen) atoms. The first-order chi connectivity index (χ1) is 17.1. The van der Waals surface area contributed by atoms with Crippen LogP contribution in [0.4, 0.5) is 0 Å². The number of piperidine rings is 1. The summed E-state index contributed by atoms with van der Waals surface area (Å²) in [5.74, 6) is -1.37. The Morgan fingerprint density at radius 1 is 1.11 bits per heavy atom. The largest absolute Gasteiger partial charge is 0.481 e. The maximum absolute atomic E-state index is 14.3. The summed E-state index contributed by atoms with van der Waals surface area (Å²) in [6.45, 7) is 5.76. The third-order valence-corrected chi connectivity index (χ3v) is 7.62. The second-order valence-electron chi connectivity index (χ2n) is 9.89. The van der Waals surface area contributed by atoms with Gasteiger partial charge in [0.1, 0.15) is 0 Å². The SMILES string of the molecule is CC[C@@H](c1ccc(C)cn1)N1C(=O)[C@@](C)(CC(=O)O)C[C@H](c2cccc(Cl)c2)[C@H]1c1ccc(Cl)cc1. The summed E-state index contributed by atoms with van der Waals surface area (Å²) < 4.78 is 0. The summed E-state index contributed by atoms with van der Waals surface area (Å²) in [5.41, 5.74) is 2.60. The minimum atomic E-state index is -1.10. The smallest absolute Gasteiger partial charge is 0.304 e. The number of carbonyl (C=O) groups excluding carboxylic acids is 1. The van der Waals surface area contributed by atoms with Crippen molar-refractivity contribution >= 4 is 35.1 Å². The number of carbonyl (C=O) groups is 2. The first-order valence-electron chi connectivity index (χ1n) is 12.1. The molecule has 2 aromatic carbocycles. The van der Waals surface area contributed by atoms with Crippen LogP contribution in [0, 0.1) is 12.3 Å². The lowest BCUT2D eigenvalue weighted by atomic mass is 9.67. The second kappa shape index (κ2) is 10.6. The summed E-state index contributed by atoms with van der Waals surface area (Å²) in [6, 6.07) is 18.4. The minimum absolute atomic E-state index is 0.183. The van der Waals surface area contributed by atoms with Crippen molar-refractivity contribution in [3.05, 3.63) is 99.3 Å². The van der Waals surface area contributed by atoms with Crippen LogP contribution >= 0.6 is 23.2 Å². The van der Waals surface area contributed by atoms with E-state index in [4.69, 9.17) is 23.2 Å². The molecule has 1 fully saturated rings. The van der Waals surface area contributed by atoms with Crippen LogP contribution in [-0.2, 0) is 9.59 Å². The van der Waals surface area contributed by atoms with Gasteiger partial charge in [-0.3, -0.25) is 14.6 Å². The summed E-state index contributed by atoms with van der Waals surface area (Å²) in [4.78, 5) is 32.8. The van der Waals surface area contributed by atoms with Gasteiger partial charge in [0, 0.05) is 22.2 Å². The molecule has 2 heterocycles. The van der Waals surface area contributed by atoms with Gasteiger partial charge in [-0.25, -0.2) is 0 Å². The molecule has 1 aliphatic heterocycles. The number of rotatable bonds is 7. The lowest BCUT2D eigenvalue weighted by molar-refractivity contribution is -0.161. The van der Waals surface area contributed by atoms with Crippen LogP contribution in [-0.4, -0.2) is 26.9 Å². The van der Waals surface area contributed by atoms with Crippen molar-refractivity contribution in [1.82, 2.24) is 9.88 Å². The highest BCUT2D eigenvalue weighted by Gasteiger charge is 2.52. The van der Waals surface area contributed by atoms with Crippen molar-refractivity contribution in [2.45, 2.75) is 58.0 Å². The van der Waals surface area contributed by atoms with Gasteiger partial charge in [0.15, 0.2) is 0 Å². The van der Waals surface area contributed by atoms with E-state index in [1.165, 1.54) is 0 Å². The second-order valence-corrected chi connectivity index (χ2v) is 10.8. The fraction of sp³-hybridized carbons (Fsp3) is 0.345. The van der Waals surface area contributed by atoms with Gasteiger partial charge in [0.05, 0.1) is 29.6 Å². The maximum atomic E-state index is 14.3. The van der Waals surface area contributed by atoms with E-state index >= 15 is 0 Å². The van der Waals surface area contributed by atoms with Gasteiger partial charge in [-0.2, -0.15) is 0 Å². The van der Waals surface area contributed by atoms with Crippen molar-refractivity contribution in [2.75, 3.05) is 0 Å². The molecular formula is C29H30Cl2N2O3. The van der Waals surface area contributed by atoms with E-state index in [0.29, 0.717) is 22.9 Å².